The van der Waals surface area contributed by atoms with Gasteiger partial charge >= 0.3 is 0 Å². The third-order valence-electron chi connectivity index (χ3n) is 5.33. The van der Waals surface area contributed by atoms with Gasteiger partial charge in [0.1, 0.15) is 5.69 Å². The summed E-state index contributed by atoms with van der Waals surface area (Å²) in [6, 6.07) is 21.9. The van der Waals surface area contributed by atoms with Crippen molar-refractivity contribution >= 4 is 5.91 Å². The Kier molecular flexibility index (Phi) is 2.94. The van der Waals surface area contributed by atoms with Crippen molar-refractivity contribution in [1.82, 2.24) is 9.47 Å². The normalized spacial score (nSPS) is 24.4. The fourth-order valence-electron chi connectivity index (χ4n) is 4.11. The molecule has 1 amide bonds. The summed E-state index contributed by atoms with van der Waals surface area (Å²) >= 11 is 0. The van der Waals surface area contributed by atoms with Crippen LogP contribution in [0.2, 0.25) is 0 Å². The lowest BCUT2D eigenvalue weighted by Gasteiger charge is -2.35. The summed E-state index contributed by atoms with van der Waals surface area (Å²) in [4.78, 5) is 15.4. The molecule has 0 unspecified atom stereocenters. The first-order chi connectivity index (χ1) is 12.2. The highest BCUT2D eigenvalue weighted by molar-refractivity contribution is 5.95. The van der Waals surface area contributed by atoms with E-state index in [0.29, 0.717) is 12.3 Å². The predicted octanol–water partition coefficient (Wildman–Crippen LogP) is 3.88. The van der Waals surface area contributed by atoms with Crippen molar-refractivity contribution in [3.8, 4) is 5.69 Å². The van der Waals surface area contributed by atoms with Crippen molar-refractivity contribution < 1.29 is 9.53 Å². The molecule has 2 atom stereocenters. The van der Waals surface area contributed by atoms with Gasteiger partial charge in [0, 0.05) is 11.8 Å². The van der Waals surface area contributed by atoms with Crippen molar-refractivity contribution in [2.24, 2.45) is 0 Å². The van der Waals surface area contributed by atoms with Crippen LogP contribution in [0.25, 0.3) is 5.69 Å². The SMILES string of the molecule is C[C@@]12OC[C@@H](c3ccccc3)N1C(=O)c1cccn1-c1ccccc12. The number of fused-ring (bicyclic) bond motifs is 5. The molecule has 4 heteroatoms. The maximum Gasteiger partial charge on any atom is 0.273 e. The first-order valence-electron chi connectivity index (χ1n) is 8.50. The van der Waals surface area contributed by atoms with E-state index < -0.39 is 5.72 Å². The van der Waals surface area contributed by atoms with Crippen LogP contribution in [0.15, 0.2) is 72.9 Å². The van der Waals surface area contributed by atoms with E-state index >= 15 is 0 Å². The fourth-order valence-corrected chi connectivity index (χ4v) is 4.11. The first-order valence-corrected chi connectivity index (χ1v) is 8.50. The second-order valence-corrected chi connectivity index (χ2v) is 6.68. The second kappa shape index (κ2) is 5.07. The van der Waals surface area contributed by atoms with Crippen LogP contribution in [0.4, 0.5) is 0 Å². The molecule has 3 aromatic rings. The van der Waals surface area contributed by atoms with Gasteiger partial charge in [-0.15, -0.1) is 0 Å². The third-order valence-corrected chi connectivity index (χ3v) is 5.33. The summed E-state index contributed by atoms with van der Waals surface area (Å²) in [7, 11) is 0. The maximum absolute atomic E-state index is 13.5. The Bertz CT molecular complexity index is 963. The van der Waals surface area contributed by atoms with Gasteiger partial charge < -0.3 is 9.30 Å². The number of ether oxygens (including phenoxy) is 1. The lowest BCUT2D eigenvalue weighted by atomic mass is 9.99. The van der Waals surface area contributed by atoms with E-state index in [-0.39, 0.29) is 11.9 Å². The average molecular weight is 330 g/mol. The smallest absolute Gasteiger partial charge is 0.273 e. The van der Waals surface area contributed by atoms with Gasteiger partial charge in [-0.1, -0.05) is 48.5 Å². The van der Waals surface area contributed by atoms with Crippen molar-refractivity contribution in [3.63, 3.8) is 0 Å². The number of carbonyl (C=O) groups excluding carboxylic acids is 1. The van der Waals surface area contributed by atoms with E-state index in [1.54, 1.807) is 0 Å². The zero-order valence-electron chi connectivity index (χ0n) is 13.9. The van der Waals surface area contributed by atoms with E-state index in [1.807, 2.05) is 71.1 Å². The molecular weight excluding hydrogens is 312 g/mol. The van der Waals surface area contributed by atoms with Crippen LogP contribution < -0.4 is 0 Å². The lowest BCUT2D eigenvalue weighted by Crippen LogP contribution is -2.44. The Labute approximate surface area is 146 Å². The molecule has 0 aliphatic carbocycles. The van der Waals surface area contributed by atoms with Gasteiger partial charge in [-0.3, -0.25) is 9.69 Å². The molecule has 2 aliphatic rings. The molecule has 1 aromatic heterocycles. The number of hydrogen-bond acceptors (Lipinski definition) is 2. The van der Waals surface area contributed by atoms with Gasteiger partial charge in [-0.05, 0) is 30.7 Å². The van der Waals surface area contributed by atoms with E-state index in [4.69, 9.17) is 4.74 Å². The van der Waals surface area contributed by atoms with Crippen LogP contribution in [0.3, 0.4) is 0 Å². The molecular formula is C21H18N2O2. The highest BCUT2D eigenvalue weighted by Gasteiger charge is 2.51. The summed E-state index contributed by atoms with van der Waals surface area (Å²) < 4.78 is 8.25. The summed E-state index contributed by atoms with van der Waals surface area (Å²) in [5, 5.41) is 0. The van der Waals surface area contributed by atoms with E-state index in [0.717, 1.165) is 16.8 Å². The van der Waals surface area contributed by atoms with Gasteiger partial charge in [0.05, 0.1) is 18.3 Å². The number of nitrogens with zero attached hydrogens (tertiary/aromatic N) is 2. The van der Waals surface area contributed by atoms with Crippen molar-refractivity contribution in [2.45, 2.75) is 18.7 Å². The number of hydrogen-bond donors (Lipinski definition) is 0. The molecule has 2 aromatic carbocycles. The Morgan fingerprint density at radius 1 is 1.00 bits per heavy atom. The van der Waals surface area contributed by atoms with Crippen LogP contribution in [-0.2, 0) is 10.5 Å². The lowest BCUT2D eigenvalue weighted by molar-refractivity contribution is -0.0598. The predicted molar refractivity (Wildman–Crippen MR) is 94.4 cm³/mol. The maximum atomic E-state index is 13.5. The van der Waals surface area contributed by atoms with Crippen LogP contribution in [0.5, 0.6) is 0 Å². The molecule has 0 saturated carbocycles. The molecule has 0 spiro atoms. The third kappa shape index (κ3) is 1.88. The van der Waals surface area contributed by atoms with Crippen LogP contribution in [0.1, 0.15) is 34.6 Å². The van der Waals surface area contributed by atoms with E-state index in [1.165, 1.54) is 0 Å². The largest absolute Gasteiger partial charge is 0.349 e. The zero-order chi connectivity index (χ0) is 17.0. The summed E-state index contributed by atoms with van der Waals surface area (Å²) in [6.07, 6.45) is 1.94. The number of rotatable bonds is 1. The van der Waals surface area contributed by atoms with E-state index in [2.05, 4.69) is 18.2 Å². The molecule has 0 bridgehead atoms. The van der Waals surface area contributed by atoms with Crippen LogP contribution in [0, 0.1) is 0 Å². The number of carbonyl (C=O) groups is 1. The molecule has 25 heavy (non-hydrogen) atoms. The molecule has 5 rings (SSSR count). The number of benzene rings is 2. The quantitative estimate of drug-likeness (QED) is 0.679. The molecule has 1 fully saturated rings. The second-order valence-electron chi connectivity index (χ2n) is 6.68. The van der Waals surface area contributed by atoms with Gasteiger partial charge in [-0.25, -0.2) is 0 Å². The molecule has 4 nitrogen and oxygen atoms in total. The Morgan fingerprint density at radius 2 is 1.76 bits per heavy atom. The number of para-hydroxylation sites is 1. The average Bonchev–Trinajstić information content (AvgIpc) is 3.26. The first kappa shape index (κ1) is 14.5. The van der Waals surface area contributed by atoms with Gasteiger partial charge in [-0.2, -0.15) is 0 Å². The topological polar surface area (TPSA) is 34.5 Å². The number of aromatic nitrogens is 1. The molecule has 3 heterocycles. The summed E-state index contributed by atoms with van der Waals surface area (Å²) in [5.41, 5.74) is 2.98. The highest BCUT2D eigenvalue weighted by Crippen LogP contribution is 2.47. The highest BCUT2D eigenvalue weighted by atomic mass is 16.5. The van der Waals surface area contributed by atoms with Crippen LogP contribution in [-0.4, -0.2) is 22.0 Å². The monoisotopic (exact) mass is 330 g/mol. The summed E-state index contributed by atoms with van der Waals surface area (Å²) in [6.45, 7) is 2.49. The number of amides is 1. The van der Waals surface area contributed by atoms with Gasteiger partial charge in [0.25, 0.3) is 5.91 Å². The standard InChI is InChI=1S/C21H18N2O2/c1-21-16-10-5-6-11-17(16)22-13-7-12-18(22)20(24)23(21)19(14-25-21)15-8-3-2-4-9-15/h2-13,19H,14H2,1H3/t19-,21-/m0/s1. The molecule has 0 radical (unpaired) electrons. The molecule has 1 saturated heterocycles. The Hall–Kier alpha value is -2.85. The molecule has 124 valence electrons. The van der Waals surface area contributed by atoms with Crippen LogP contribution >= 0.6 is 0 Å². The minimum absolute atomic E-state index is 0.00458. The zero-order valence-corrected chi connectivity index (χ0v) is 13.9. The van der Waals surface area contributed by atoms with Crippen molar-refractivity contribution in [1.29, 1.82) is 0 Å². The minimum atomic E-state index is -0.785. The van der Waals surface area contributed by atoms with Crippen molar-refractivity contribution in [2.75, 3.05) is 6.61 Å². The Balaban J connectivity index is 1.77. The van der Waals surface area contributed by atoms with E-state index in [9.17, 15) is 4.79 Å². The fraction of sp³-hybridized carbons (Fsp3) is 0.190. The van der Waals surface area contributed by atoms with Gasteiger partial charge in [0.2, 0.25) is 0 Å². The van der Waals surface area contributed by atoms with Gasteiger partial charge in [0.15, 0.2) is 5.72 Å². The summed E-state index contributed by atoms with van der Waals surface area (Å²) in [5.74, 6) is -0.00458. The van der Waals surface area contributed by atoms with Crippen molar-refractivity contribution in [3.05, 3.63) is 89.7 Å². The molecule has 2 aliphatic heterocycles. The molecule has 0 N–H and O–H groups in total. The minimum Gasteiger partial charge on any atom is -0.349 e. The Morgan fingerprint density at radius 3 is 2.60 bits per heavy atom.